The fraction of sp³-hybridized carbons (Fsp3) is 0.286. The highest BCUT2D eigenvalue weighted by Crippen LogP contribution is 2.30. The molecule has 3 aromatic rings. The Bertz CT molecular complexity index is 1010. The molecule has 3 rings (SSSR count). The van der Waals surface area contributed by atoms with Gasteiger partial charge in [-0.3, -0.25) is 9.59 Å². The Morgan fingerprint density at radius 1 is 0.765 bits per heavy atom. The summed E-state index contributed by atoms with van der Waals surface area (Å²) in [4.78, 5) is 25.7. The number of nitrogens with one attached hydrogen (secondary N) is 2. The fourth-order valence-corrected chi connectivity index (χ4v) is 3.43. The maximum absolute atomic E-state index is 12.8. The van der Waals surface area contributed by atoms with Crippen LogP contribution in [0.1, 0.15) is 36.7 Å². The van der Waals surface area contributed by atoms with Crippen LogP contribution in [0, 0.1) is 5.92 Å². The van der Waals surface area contributed by atoms with Crippen LogP contribution in [0.3, 0.4) is 0 Å². The lowest BCUT2D eigenvalue weighted by Gasteiger charge is -2.22. The molecule has 0 aromatic heterocycles. The number of carbonyl (C=O) groups is 2. The summed E-state index contributed by atoms with van der Waals surface area (Å²) in [6, 6.07) is 24.4. The quantitative estimate of drug-likeness (QED) is 0.415. The molecule has 6 heteroatoms. The molecule has 178 valence electrons. The third-order valence-corrected chi connectivity index (χ3v) is 5.12. The average Bonchev–Trinajstić information content (AvgIpc) is 2.83. The molecule has 6 nitrogen and oxygen atoms in total. The Morgan fingerprint density at radius 3 is 1.76 bits per heavy atom. The number of hydrogen-bond donors (Lipinski definition) is 2. The van der Waals surface area contributed by atoms with E-state index in [0.29, 0.717) is 29.6 Å². The minimum Gasteiger partial charge on any atom is -0.493 e. The molecule has 2 amide bonds. The number of amides is 2. The van der Waals surface area contributed by atoms with Gasteiger partial charge < -0.3 is 20.1 Å². The van der Waals surface area contributed by atoms with E-state index >= 15 is 0 Å². The molecule has 0 bridgehead atoms. The van der Waals surface area contributed by atoms with Gasteiger partial charge in [-0.05, 0) is 34.7 Å². The highest BCUT2D eigenvalue weighted by Gasteiger charge is 2.20. The van der Waals surface area contributed by atoms with Crippen LogP contribution in [0.2, 0.25) is 0 Å². The molecule has 0 unspecified atom stereocenters. The number of benzene rings is 3. The van der Waals surface area contributed by atoms with E-state index < -0.39 is 6.17 Å². The van der Waals surface area contributed by atoms with Gasteiger partial charge in [0, 0.05) is 0 Å². The molecule has 0 aliphatic rings. The SMILES string of the molecule is COc1ccc(C(NC(=O)Cc2ccccc2)NC(=O)Cc2ccccc2)cc1OCC(C)C. The molecule has 34 heavy (non-hydrogen) atoms. The normalized spacial score (nSPS) is 10.7. The summed E-state index contributed by atoms with van der Waals surface area (Å²) < 4.78 is 11.4. The zero-order valence-electron chi connectivity index (χ0n) is 19.9. The van der Waals surface area contributed by atoms with Gasteiger partial charge in [0.1, 0.15) is 6.17 Å². The first-order chi connectivity index (χ1) is 16.4. The molecule has 0 atom stereocenters. The van der Waals surface area contributed by atoms with Crippen molar-refractivity contribution in [3.05, 3.63) is 95.6 Å². The average molecular weight is 461 g/mol. The van der Waals surface area contributed by atoms with Crippen molar-refractivity contribution in [3.8, 4) is 11.5 Å². The molecule has 0 aliphatic heterocycles. The lowest BCUT2D eigenvalue weighted by Crippen LogP contribution is -2.42. The first-order valence-electron chi connectivity index (χ1n) is 11.4. The van der Waals surface area contributed by atoms with Gasteiger partial charge in [-0.2, -0.15) is 0 Å². The van der Waals surface area contributed by atoms with Gasteiger partial charge in [-0.1, -0.05) is 80.6 Å². The Labute approximate surface area is 201 Å². The monoisotopic (exact) mass is 460 g/mol. The Morgan fingerprint density at radius 2 is 1.29 bits per heavy atom. The van der Waals surface area contributed by atoms with E-state index in [2.05, 4.69) is 24.5 Å². The number of ether oxygens (including phenoxy) is 2. The van der Waals surface area contributed by atoms with Crippen molar-refractivity contribution in [2.75, 3.05) is 13.7 Å². The molecule has 2 N–H and O–H groups in total. The van der Waals surface area contributed by atoms with Crippen molar-refractivity contribution in [1.82, 2.24) is 10.6 Å². The molecule has 0 saturated heterocycles. The highest BCUT2D eigenvalue weighted by atomic mass is 16.5. The van der Waals surface area contributed by atoms with Crippen LogP contribution in [0.25, 0.3) is 0 Å². The highest BCUT2D eigenvalue weighted by molar-refractivity contribution is 5.82. The molecule has 0 aliphatic carbocycles. The number of rotatable bonds is 11. The molecular weight excluding hydrogens is 428 g/mol. The molecular formula is C28H32N2O4. The Balaban J connectivity index is 1.81. The molecule has 0 spiro atoms. The molecule has 0 radical (unpaired) electrons. The van der Waals surface area contributed by atoms with Crippen LogP contribution < -0.4 is 20.1 Å². The van der Waals surface area contributed by atoms with Crippen LogP contribution >= 0.6 is 0 Å². The van der Waals surface area contributed by atoms with Gasteiger partial charge in [-0.15, -0.1) is 0 Å². The van der Waals surface area contributed by atoms with Crippen LogP contribution in [0.15, 0.2) is 78.9 Å². The van der Waals surface area contributed by atoms with E-state index in [-0.39, 0.29) is 24.7 Å². The van der Waals surface area contributed by atoms with Gasteiger partial charge >= 0.3 is 0 Å². The largest absolute Gasteiger partial charge is 0.493 e. The van der Waals surface area contributed by atoms with E-state index in [1.807, 2.05) is 66.7 Å². The minimum atomic E-state index is -0.722. The van der Waals surface area contributed by atoms with Gasteiger partial charge in [0.05, 0.1) is 26.6 Å². The first-order valence-corrected chi connectivity index (χ1v) is 11.4. The summed E-state index contributed by atoms with van der Waals surface area (Å²) in [6.07, 6.45) is -0.308. The summed E-state index contributed by atoms with van der Waals surface area (Å²) >= 11 is 0. The van der Waals surface area contributed by atoms with Crippen molar-refractivity contribution in [2.24, 2.45) is 5.92 Å². The van der Waals surface area contributed by atoms with Crippen LogP contribution in [-0.4, -0.2) is 25.5 Å². The summed E-state index contributed by atoms with van der Waals surface area (Å²) in [6.45, 7) is 4.64. The smallest absolute Gasteiger partial charge is 0.226 e. The third kappa shape index (κ3) is 7.66. The van der Waals surface area contributed by atoms with Crippen LogP contribution in [0.4, 0.5) is 0 Å². The predicted molar refractivity (Wildman–Crippen MR) is 133 cm³/mol. The van der Waals surface area contributed by atoms with Crippen molar-refractivity contribution in [2.45, 2.75) is 32.9 Å². The second-order valence-electron chi connectivity index (χ2n) is 8.51. The summed E-state index contributed by atoms with van der Waals surface area (Å²) in [7, 11) is 1.58. The minimum absolute atomic E-state index is 0.198. The first kappa shape index (κ1) is 24.8. The summed E-state index contributed by atoms with van der Waals surface area (Å²) in [5, 5.41) is 5.92. The van der Waals surface area contributed by atoms with Crippen LogP contribution in [-0.2, 0) is 22.4 Å². The predicted octanol–water partition coefficient (Wildman–Crippen LogP) is 4.45. The van der Waals surface area contributed by atoms with E-state index in [1.54, 1.807) is 19.2 Å². The summed E-state index contributed by atoms with van der Waals surface area (Å²) in [5.74, 6) is 1.09. The number of hydrogen-bond acceptors (Lipinski definition) is 4. The zero-order chi connectivity index (χ0) is 24.3. The second kappa shape index (κ2) is 12.4. The van der Waals surface area contributed by atoms with Crippen molar-refractivity contribution in [3.63, 3.8) is 0 Å². The zero-order valence-corrected chi connectivity index (χ0v) is 19.9. The molecule has 0 heterocycles. The summed E-state index contributed by atoms with van der Waals surface area (Å²) in [5.41, 5.74) is 2.48. The maximum atomic E-state index is 12.8. The van der Waals surface area contributed by atoms with Crippen LogP contribution in [0.5, 0.6) is 11.5 Å². The fourth-order valence-electron chi connectivity index (χ4n) is 3.43. The number of carbonyl (C=O) groups excluding carboxylic acids is 2. The van der Waals surface area contributed by atoms with E-state index in [9.17, 15) is 9.59 Å². The lowest BCUT2D eigenvalue weighted by molar-refractivity contribution is -0.123. The molecule has 0 saturated carbocycles. The van der Waals surface area contributed by atoms with Gasteiger partial charge in [-0.25, -0.2) is 0 Å². The van der Waals surface area contributed by atoms with Crippen molar-refractivity contribution >= 4 is 11.8 Å². The van der Waals surface area contributed by atoms with Gasteiger partial charge in [0.2, 0.25) is 11.8 Å². The Kier molecular flexibility index (Phi) is 9.09. The standard InChI is InChI=1S/C28H32N2O4/c1-20(2)19-34-25-18-23(14-15-24(25)33-3)28(29-26(31)16-21-10-6-4-7-11-21)30-27(32)17-22-12-8-5-9-13-22/h4-15,18,20,28H,16-17,19H2,1-3H3,(H,29,31)(H,30,32). The van der Waals surface area contributed by atoms with Crippen molar-refractivity contribution in [1.29, 1.82) is 0 Å². The lowest BCUT2D eigenvalue weighted by atomic mass is 10.1. The second-order valence-corrected chi connectivity index (χ2v) is 8.51. The van der Waals surface area contributed by atoms with E-state index in [1.165, 1.54) is 0 Å². The Hall–Kier alpha value is -3.80. The van der Waals surface area contributed by atoms with Gasteiger partial charge in [0.15, 0.2) is 11.5 Å². The molecule has 0 fully saturated rings. The topological polar surface area (TPSA) is 76.7 Å². The maximum Gasteiger partial charge on any atom is 0.226 e. The van der Waals surface area contributed by atoms with E-state index in [4.69, 9.17) is 9.47 Å². The van der Waals surface area contributed by atoms with E-state index in [0.717, 1.165) is 11.1 Å². The molecule has 3 aromatic carbocycles. The van der Waals surface area contributed by atoms with Crippen molar-refractivity contribution < 1.29 is 19.1 Å². The third-order valence-electron chi connectivity index (χ3n) is 5.12. The van der Waals surface area contributed by atoms with Gasteiger partial charge in [0.25, 0.3) is 0 Å². The number of methoxy groups -OCH3 is 1.